The molecule has 1 rings (SSSR count). The molecule has 0 bridgehead atoms. The highest BCUT2D eigenvalue weighted by molar-refractivity contribution is 8.11. The van der Waals surface area contributed by atoms with Gasteiger partial charge in [0.2, 0.25) is 0 Å². The normalized spacial score (nSPS) is 17.2. The number of nitrogens with two attached hydrogens (primary N) is 1. The van der Waals surface area contributed by atoms with E-state index in [0.717, 1.165) is 25.0 Å². The molecule has 0 aromatic rings. The maximum absolute atomic E-state index is 7.73. The number of rotatable bonds is 2. The molecule has 1 aliphatic heterocycles. The Kier molecular flexibility index (Phi) is 4.24. The topological polar surface area (TPSA) is 77.0 Å². The first-order valence-electron chi connectivity index (χ1n) is 4.50. The lowest BCUT2D eigenvalue weighted by Gasteiger charge is -2.28. The smallest absolute Gasteiger partial charge is 0.102 e. The predicted molar refractivity (Wildman–Crippen MR) is 57.3 cm³/mol. The zero-order valence-corrected chi connectivity index (χ0v) is 8.49. The minimum absolute atomic E-state index is 0.371. The van der Waals surface area contributed by atoms with Gasteiger partial charge in [0.05, 0.1) is 11.5 Å². The highest BCUT2D eigenvalue weighted by Gasteiger charge is 2.14. The van der Waals surface area contributed by atoms with Gasteiger partial charge in [-0.2, -0.15) is 0 Å². The van der Waals surface area contributed by atoms with Crippen molar-refractivity contribution in [2.24, 2.45) is 5.14 Å². The van der Waals surface area contributed by atoms with Crippen molar-refractivity contribution in [1.82, 2.24) is 4.90 Å². The van der Waals surface area contributed by atoms with E-state index in [2.05, 4.69) is 0 Å². The Bertz CT molecular complexity index is 198. The molecular weight excluding hydrogens is 184 g/mol. The van der Waals surface area contributed by atoms with Crippen LogP contribution in [0.1, 0.15) is 25.7 Å². The van der Waals surface area contributed by atoms with Crippen LogP contribution in [0.15, 0.2) is 0 Å². The summed E-state index contributed by atoms with van der Waals surface area (Å²) in [4.78, 5) is 2.05. The lowest BCUT2D eigenvalue weighted by Crippen LogP contribution is -2.35. The average molecular weight is 200 g/mol. The van der Waals surface area contributed by atoms with Crippen LogP contribution in [0.2, 0.25) is 0 Å². The number of nitrogens with one attached hydrogen (secondary N) is 2. The minimum atomic E-state index is 0.371. The maximum Gasteiger partial charge on any atom is 0.102 e. The molecule has 0 aromatic carbocycles. The fourth-order valence-electron chi connectivity index (χ4n) is 1.47. The third kappa shape index (κ3) is 3.36. The molecule has 0 atom stereocenters. The summed E-state index contributed by atoms with van der Waals surface area (Å²) < 4.78 is 0. The fourth-order valence-corrected chi connectivity index (χ4v) is 1.69. The quantitative estimate of drug-likeness (QED) is 0.358. The van der Waals surface area contributed by atoms with E-state index in [4.69, 9.17) is 16.0 Å². The van der Waals surface area contributed by atoms with E-state index in [-0.39, 0.29) is 0 Å². The van der Waals surface area contributed by atoms with Crippen molar-refractivity contribution < 1.29 is 0 Å². The Morgan fingerprint density at radius 2 is 1.85 bits per heavy atom. The molecule has 4 nitrogen and oxygen atoms in total. The first-order valence-corrected chi connectivity index (χ1v) is 5.38. The average Bonchev–Trinajstić information content (AvgIpc) is 2.19. The van der Waals surface area contributed by atoms with Crippen LogP contribution in [0.3, 0.4) is 0 Å². The largest absolute Gasteiger partial charge is 0.360 e. The van der Waals surface area contributed by atoms with E-state index in [1.54, 1.807) is 0 Å². The van der Waals surface area contributed by atoms with Gasteiger partial charge in [-0.25, -0.2) is 0 Å². The van der Waals surface area contributed by atoms with Crippen LogP contribution in [0.4, 0.5) is 0 Å². The van der Waals surface area contributed by atoms with Crippen molar-refractivity contribution in [2.75, 3.05) is 13.1 Å². The molecule has 4 N–H and O–H groups in total. The maximum atomic E-state index is 7.73. The summed E-state index contributed by atoms with van der Waals surface area (Å²) in [6, 6.07) is 0. The van der Waals surface area contributed by atoms with E-state index in [0.29, 0.717) is 17.3 Å². The summed E-state index contributed by atoms with van der Waals surface area (Å²) in [5.74, 6) is 0.544. The molecule has 0 aliphatic carbocycles. The second-order valence-electron chi connectivity index (χ2n) is 3.21. The Balaban J connectivity index is 2.33. The van der Waals surface area contributed by atoms with Gasteiger partial charge in [-0.3, -0.25) is 16.0 Å². The molecular formula is C8H16N4S. The molecule has 0 amide bonds. The van der Waals surface area contributed by atoms with Crippen molar-refractivity contribution in [3.05, 3.63) is 0 Å². The Labute approximate surface area is 83.0 Å². The van der Waals surface area contributed by atoms with E-state index >= 15 is 0 Å². The summed E-state index contributed by atoms with van der Waals surface area (Å²) in [6.07, 6.45) is 4.00. The molecule has 1 heterocycles. The van der Waals surface area contributed by atoms with Crippen molar-refractivity contribution in [1.29, 1.82) is 10.8 Å². The molecule has 13 heavy (non-hydrogen) atoms. The summed E-state index contributed by atoms with van der Waals surface area (Å²) in [7, 11) is 0. The van der Waals surface area contributed by atoms with E-state index in [1.807, 2.05) is 4.90 Å². The van der Waals surface area contributed by atoms with Gasteiger partial charge >= 0.3 is 0 Å². The second kappa shape index (κ2) is 5.24. The third-order valence-electron chi connectivity index (χ3n) is 2.21. The standard InChI is InChI=1S/C8H16N4S/c9-7(6-8(10)13-11)12-4-2-1-3-5-12/h9-10H,1-6,11H2. The van der Waals surface area contributed by atoms with Crippen LogP contribution in [-0.4, -0.2) is 28.9 Å². The second-order valence-corrected chi connectivity index (χ2v) is 3.94. The third-order valence-corrected chi connectivity index (χ3v) is 2.64. The van der Waals surface area contributed by atoms with Crippen LogP contribution in [0.5, 0.6) is 0 Å². The molecule has 0 spiro atoms. The van der Waals surface area contributed by atoms with Crippen molar-refractivity contribution in [3.8, 4) is 0 Å². The number of amidine groups is 1. The van der Waals surface area contributed by atoms with Crippen LogP contribution in [0, 0.1) is 10.8 Å². The van der Waals surface area contributed by atoms with E-state index < -0.39 is 0 Å². The van der Waals surface area contributed by atoms with E-state index in [1.165, 1.54) is 19.3 Å². The molecule has 1 saturated heterocycles. The van der Waals surface area contributed by atoms with Crippen LogP contribution in [-0.2, 0) is 0 Å². The molecule has 0 unspecified atom stereocenters. The zero-order chi connectivity index (χ0) is 9.68. The number of likely N-dealkylation sites (tertiary alicyclic amines) is 1. The van der Waals surface area contributed by atoms with Gasteiger partial charge in [0.25, 0.3) is 0 Å². The van der Waals surface area contributed by atoms with Crippen LogP contribution in [0.25, 0.3) is 0 Å². The molecule has 5 heteroatoms. The van der Waals surface area contributed by atoms with Gasteiger partial charge in [0.1, 0.15) is 5.84 Å². The van der Waals surface area contributed by atoms with Gasteiger partial charge in [0.15, 0.2) is 0 Å². The summed E-state index contributed by atoms with van der Waals surface area (Å²) in [5, 5.41) is 20.7. The van der Waals surface area contributed by atoms with E-state index in [9.17, 15) is 0 Å². The number of piperidine rings is 1. The number of hydrogen-bond donors (Lipinski definition) is 3. The van der Waals surface area contributed by atoms with Gasteiger partial charge in [-0.15, -0.1) is 0 Å². The lowest BCUT2D eigenvalue weighted by atomic mass is 10.1. The Morgan fingerprint density at radius 1 is 1.23 bits per heavy atom. The van der Waals surface area contributed by atoms with Crippen LogP contribution < -0.4 is 5.14 Å². The number of hydrogen-bond acceptors (Lipinski definition) is 4. The predicted octanol–water partition coefficient (Wildman–Crippen LogP) is 1.42. The molecule has 0 saturated carbocycles. The molecule has 0 radical (unpaired) electrons. The summed E-state index contributed by atoms with van der Waals surface area (Å²) in [5.41, 5.74) is 0. The van der Waals surface area contributed by atoms with Crippen molar-refractivity contribution >= 4 is 22.8 Å². The molecule has 1 fully saturated rings. The first-order chi connectivity index (χ1) is 6.24. The highest BCUT2D eigenvalue weighted by atomic mass is 32.2. The van der Waals surface area contributed by atoms with Crippen molar-refractivity contribution in [2.45, 2.75) is 25.7 Å². The fraction of sp³-hybridized carbons (Fsp3) is 0.750. The van der Waals surface area contributed by atoms with Gasteiger partial charge in [-0.1, -0.05) is 0 Å². The SMILES string of the molecule is N=C(CC(=N)N1CCCCC1)SN. The minimum Gasteiger partial charge on any atom is -0.360 e. The van der Waals surface area contributed by atoms with Crippen LogP contribution >= 0.6 is 11.9 Å². The first kappa shape index (κ1) is 10.5. The monoisotopic (exact) mass is 200 g/mol. The highest BCUT2D eigenvalue weighted by Crippen LogP contribution is 2.11. The van der Waals surface area contributed by atoms with Gasteiger partial charge in [0, 0.05) is 13.1 Å². The molecule has 0 aromatic heterocycles. The van der Waals surface area contributed by atoms with Gasteiger partial charge in [-0.05, 0) is 31.2 Å². The van der Waals surface area contributed by atoms with Crippen molar-refractivity contribution in [3.63, 3.8) is 0 Å². The summed E-state index contributed by atoms with van der Waals surface area (Å²) >= 11 is 0.933. The Hall–Kier alpha value is -0.550. The summed E-state index contributed by atoms with van der Waals surface area (Å²) in [6.45, 7) is 1.95. The Morgan fingerprint density at radius 3 is 2.38 bits per heavy atom. The molecule has 74 valence electrons. The van der Waals surface area contributed by atoms with Gasteiger partial charge < -0.3 is 4.90 Å². The molecule has 1 aliphatic rings. The lowest BCUT2D eigenvalue weighted by molar-refractivity contribution is 0.337. The number of nitrogens with zero attached hydrogens (tertiary/aromatic N) is 1. The zero-order valence-electron chi connectivity index (χ0n) is 7.68.